The van der Waals surface area contributed by atoms with Crippen LogP contribution in [0.4, 0.5) is 34.1 Å². The van der Waals surface area contributed by atoms with Gasteiger partial charge in [-0.05, 0) is 74.9 Å². The lowest BCUT2D eigenvalue weighted by molar-refractivity contribution is -0.137. The molecule has 3 atom stereocenters. The van der Waals surface area contributed by atoms with E-state index in [9.17, 15) is 27.6 Å². The summed E-state index contributed by atoms with van der Waals surface area (Å²) in [4.78, 5) is 51.1. The molecule has 7 rings (SSSR count). The van der Waals surface area contributed by atoms with Gasteiger partial charge in [0, 0.05) is 82.1 Å². The van der Waals surface area contributed by atoms with Gasteiger partial charge < -0.3 is 36.0 Å². The number of nitrogens with one attached hydrogen (secondary N) is 2. The van der Waals surface area contributed by atoms with Crippen molar-refractivity contribution in [3.8, 4) is 0 Å². The van der Waals surface area contributed by atoms with E-state index in [1.165, 1.54) is 12.5 Å². The van der Waals surface area contributed by atoms with E-state index in [1.54, 1.807) is 9.80 Å². The summed E-state index contributed by atoms with van der Waals surface area (Å²) < 4.78 is 41.5. The molecule has 0 saturated carbocycles. The third-order valence-electron chi connectivity index (χ3n) is 11.7. The zero-order chi connectivity index (χ0) is 36.0. The minimum atomic E-state index is -4.74. The summed E-state index contributed by atoms with van der Waals surface area (Å²) in [5, 5.41) is 5.62. The Labute approximate surface area is 301 Å². The lowest BCUT2D eigenvalue weighted by Gasteiger charge is -2.42. The Morgan fingerprint density at radius 1 is 0.961 bits per heavy atom. The summed E-state index contributed by atoms with van der Waals surface area (Å²) in [5.74, 6) is -0.332. The highest BCUT2D eigenvalue weighted by atomic mass is 35.5. The number of likely N-dealkylation sites (tertiary alicyclic amines) is 4. The number of carbonyl (C=O) groups excluding carboxylic acids is 3. The zero-order valence-corrected chi connectivity index (χ0v) is 29.6. The maximum Gasteiger partial charge on any atom is 0.418 e. The number of halogens is 4. The zero-order valence-electron chi connectivity index (χ0n) is 28.8. The molecule has 0 aromatic heterocycles. The van der Waals surface area contributed by atoms with Crippen LogP contribution in [0.2, 0.25) is 5.02 Å². The van der Waals surface area contributed by atoms with Crippen molar-refractivity contribution < 1.29 is 27.6 Å². The van der Waals surface area contributed by atoms with Gasteiger partial charge in [-0.25, -0.2) is 9.59 Å². The molecule has 0 radical (unpaired) electrons. The number of alkyl halides is 3. The number of urea groups is 2. The van der Waals surface area contributed by atoms with Gasteiger partial charge in [-0.15, -0.1) is 0 Å². The lowest BCUT2D eigenvalue weighted by Crippen LogP contribution is -2.58. The van der Waals surface area contributed by atoms with Gasteiger partial charge in [0.15, 0.2) is 0 Å². The van der Waals surface area contributed by atoms with Crippen LogP contribution < -0.4 is 16.4 Å². The molecule has 4 fully saturated rings. The minimum absolute atomic E-state index is 0.0639. The highest BCUT2D eigenvalue weighted by Crippen LogP contribution is 2.38. The van der Waals surface area contributed by atoms with Crippen molar-refractivity contribution >= 4 is 40.9 Å². The molecule has 5 heterocycles. The number of piperidine rings is 2. The number of nitrogens with two attached hydrogens (primary N) is 1. The molecule has 2 bridgehead atoms. The van der Waals surface area contributed by atoms with Crippen molar-refractivity contribution in [3.05, 3.63) is 58.1 Å². The number of rotatable bonds is 6. The molecule has 2 aromatic rings. The first kappa shape index (κ1) is 35.6. The Balaban J connectivity index is 1.02. The quantitative estimate of drug-likeness (QED) is 0.378. The predicted octanol–water partition coefficient (Wildman–Crippen LogP) is 4.50. The summed E-state index contributed by atoms with van der Waals surface area (Å²) in [7, 11) is 2.17. The van der Waals surface area contributed by atoms with E-state index < -0.39 is 29.5 Å². The Morgan fingerprint density at radius 3 is 2.31 bits per heavy atom. The average Bonchev–Trinajstić information content (AvgIpc) is 3.64. The number of fused-ring (bicyclic) bond motifs is 3. The van der Waals surface area contributed by atoms with Crippen LogP contribution >= 0.6 is 11.6 Å². The van der Waals surface area contributed by atoms with Gasteiger partial charge in [-0.2, -0.15) is 13.2 Å². The second kappa shape index (κ2) is 14.3. The van der Waals surface area contributed by atoms with Gasteiger partial charge in [0.1, 0.15) is 6.04 Å². The van der Waals surface area contributed by atoms with E-state index in [2.05, 4.69) is 27.5 Å². The molecule has 0 spiro atoms. The number of benzene rings is 2. The standard InChI is InChI=1S/C36H46ClF3N8O3/c1-44-20-27-19-26(44)21-48(27)25-7-11-45(12-8-25)33(49)31(18-22-16-28(36(38,39)40)32(41)29(37)17-22)43-34(50)46-13-9-24(10-14-46)47-15-6-23-4-2-3-5-30(23)42-35(47)51/h2-5,16-17,24-27,31H,6-15,18-21,41H2,1H3,(H,42,51)(H,43,50)/t26?,27-,31?/m1/s1. The fourth-order valence-electron chi connectivity index (χ4n) is 8.80. The Kier molecular flexibility index (Phi) is 10.0. The van der Waals surface area contributed by atoms with Crippen LogP contribution in [0.1, 0.15) is 48.8 Å². The SMILES string of the molecule is CN1C[C@H]2CC1CN2C1CCN(C(=O)C(Cc2cc(Cl)c(N)c(C(F)(F)F)c2)NC(=O)N2CCC(N3CCc4ccccc4NC3=O)CC2)CC1. The fourth-order valence-corrected chi connectivity index (χ4v) is 9.05. The van der Waals surface area contributed by atoms with E-state index in [0.717, 1.165) is 49.7 Å². The summed E-state index contributed by atoms with van der Waals surface area (Å²) in [6.45, 7) is 4.37. The van der Waals surface area contributed by atoms with Gasteiger partial charge in [0.2, 0.25) is 5.91 Å². The van der Waals surface area contributed by atoms with Crippen molar-refractivity contribution in [1.82, 2.24) is 29.8 Å². The van der Waals surface area contributed by atoms with Gasteiger partial charge in [-0.1, -0.05) is 29.8 Å². The number of para-hydroxylation sites is 1. The molecule has 11 nitrogen and oxygen atoms in total. The monoisotopic (exact) mass is 730 g/mol. The van der Waals surface area contributed by atoms with Crippen LogP contribution in [0.5, 0.6) is 0 Å². The minimum Gasteiger partial charge on any atom is -0.397 e. The third kappa shape index (κ3) is 7.45. The molecule has 15 heteroatoms. The number of carbonyl (C=O) groups is 3. The molecule has 5 aliphatic heterocycles. The third-order valence-corrected chi connectivity index (χ3v) is 12.0. The number of nitrogen functional groups attached to an aromatic ring is 1. The van der Waals surface area contributed by atoms with Crippen LogP contribution in [0.25, 0.3) is 0 Å². The van der Waals surface area contributed by atoms with Crippen LogP contribution in [-0.4, -0.2) is 126 Å². The molecule has 2 unspecified atom stereocenters. The topological polar surface area (TPSA) is 117 Å². The summed E-state index contributed by atoms with van der Waals surface area (Å²) in [6, 6.07) is 9.65. The van der Waals surface area contributed by atoms with Crippen LogP contribution in [0, 0.1) is 0 Å². The molecular weight excluding hydrogens is 685 g/mol. The van der Waals surface area contributed by atoms with E-state index in [1.807, 2.05) is 29.2 Å². The number of nitrogens with zero attached hydrogens (tertiary/aromatic N) is 5. The molecule has 51 heavy (non-hydrogen) atoms. The van der Waals surface area contributed by atoms with E-state index in [0.29, 0.717) is 63.7 Å². The average molecular weight is 731 g/mol. The molecule has 4 saturated heterocycles. The van der Waals surface area contributed by atoms with E-state index in [-0.39, 0.29) is 35.0 Å². The maximum absolute atomic E-state index is 14.1. The van der Waals surface area contributed by atoms with Crippen LogP contribution in [0.15, 0.2) is 36.4 Å². The molecular formula is C36H46ClF3N8O3. The Morgan fingerprint density at radius 2 is 1.65 bits per heavy atom. The molecule has 4 N–H and O–H groups in total. The fraction of sp³-hybridized carbons (Fsp3) is 0.583. The van der Waals surface area contributed by atoms with Gasteiger partial charge in [0.05, 0.1) is 16.3 Å². The van der Waals surface area contributed by atoms with Crippen molar-refractivity contribution in [1.29, 1.82) is 0 Å². The molecule has 0 aliphatic carbocycles. The van der Waals surface area contributed by atoms with Crippen molar-refractivity contribution in [2.24, 2.45) is 0 Å². The Bertz CT molecular complexity index is 1640. The summed E-state index contributed by atoms with van der Waals surface area (Å²) in [5.41, 5.74) is 6.07. The van der Waals surface area contributed by atoms with Crippen molar-refractivity contribution in [3.63, 3.8) is 0 Å². The highest BCUT2D eigenvalue weighted by molar-refractivity contribution is 6.33. The molecule has 2 aromatic carbocycles. The van der Waals surface area contributed by atoms with Crippen LogP contribution in [0.3, 0.4) is 0 Å². The van der Waals surface area contributed by atoms with Crippen LogP contribution in [-0.2, 0) is 23.8 Å². The summed E-state index contributed by atoms with van der Waals surface area (Å²) in [6.07, 6.45) is -0.318. The smallest absolute Gasteiger partial charge is 0.397 e. The second-order valence-corrected chi connectivity index (χ2v) is 15.1. The summed E-state index contributed by atoms with van der Waals surface area (Å²) >= 11 is 6.15. The van der Waals surface area contributed by atoms with Gasteiger partial charge >= 0.3 is 18.2 Å². The molecule has 5 aliphatic rings. The lowest BCUT2D eigenvalue weighted by atomic mass is 9.98. The molecule has 5 amide bonds. The number of hydrogen-bond acceptors (Lipinski definition) is 6. The number of hydrogen-bond donors (Lipinski definition) is 3. The number of amides is 5. The number of piperazine rings is 1. The van der Waals surface area contributed by atoms with Crippen molar-refractivity contribution in [2.75, 3.05) is 63.9 Å². The van der Waals surface area contributed by atoms with E-state index in [4.69, 9.17) is 17.3 Å². The number of likely N-dealkylation sites (N-methyl/N-ethyl adjacent to an activating group) is 1. The normalized spacial score (nSPS) is 24.3. The van der Waals surface area contributed by atoms with E-state index >= 15 is 0 Å². The predicted molar refractivity (Wildman–Crippen MR) is 188 cm³/mol. The van der Waals surface area contributed by atoms with Crippen molar-refractivity contribution in [2.45, 2.75) is 81.3 Å². The first-order chi connectivity index (χ1) is 24.4. The maximum atomic E-state index is 14.1. The van der Waals surface area contributed by atoms with Gasteiger partial charge in [0.25, 0.3) is 0 Å². The number of anilines is 2. The first-order valence-corrected chi connectivity index (χ1v) is 18.3. The highest BCUT2D eigenvalue weighted by Gasteiger charge is 2.45. The first-order valence-electron chi connectivity index (χ1n) is 18.0. The van der Waals surface area contributed by atoms with Gasteiger partial charge in [-0.3, -0.25) is 9.69 Å². The largest absolute Gasteiger partial charge is 0.418 e. The second-order valence-electron chi connectivity index (χ2n) is 14.7. The Hall–Kier alpha value is -3.75. The molecule has 276 valence electrons.